The molecule has 1 saturated heterocycles. The van der Waals surface area contributed by atoms with E-state index in [0.29, 0.717) is 22.8 Å². The second-order valence-electron chi connectivity index (χ2n) is 4.87. The zero-order chi connectivity index (χ0) is 13.4. The van der Waals surface area contributed by atoms with Crippen molar-refractivity contribution in [2.24, 2.45) is 0 Å². The van der Waals surface area contributed by atoms with Crippen LogP contribution >= 0.6 is 11.6 Å². The predicted octanol–water partition coefficient (Wildman–Crippen LogP) is 2.44. The standard InChI is InChI=1S/C14H14ClNO3/c15-11-6-3-5-10-12(11)16(14(18)13(10)17)8-9-4-1-2-7-19-9/h3,5-6,9H,1-2,4,7-8H2. The summed E-state index contributed by atoms with van der Waals surface area (Å²) in [4.78, 5) is 25.4. The number of para-hydroxylation sites is 1. The van der Waals surface area contributed by atoms with Gasteiger partial charge in [0, 0.05) is 6.61 Å². The average molecular weight is 280 g/mol. The highest BCUT2D eigenvalue weighted by atomic mass is 35.5. The van der Waals surface area contributed by atoms with Gasteiger partial charge in [0.2, 0.25) is 0 Å². The second-order valence-corrected chi connectivity index (χ2v) is 5.28. The number of benzene rings is 1. The molecule has 1 amide bonds. The third kappa shape index (κ3) is 2.15. The fraction of sp³-hybridized carbons (Fsp3) is 0.429. The van der Waals surface area contributed by atoms with Crippen LogP contribution in [-0.4, -0.2) is 30.9 Å². The molecular formula is C14H14ClNO3. The summed E-state index contributed by atoms with van der Waals surface area (Å²) in [5, 5.41) is 0.438. The van der Waals surface area contributed by atoms with Gasteiger partial charge < -0.3 is 9.64 Å². The fourth-order valence-electron chi connectivity index (χ4n) is 2.64. The molecule has 0 aromatic heterocycles. The normalized spacial score (nSPS) is 22.8. The molecule has 100 valence electrons. The third-order valence-electron chi connectivity index (χ3n) is 3.60. The number of rotatable bonds is 2. The molecule has 4 nitrogen and oxygen atoms in total. The molecule has 2 aliphatic rings. The zero-order valence-corrected chi connectivity index (χ0v) is 11.2. The number of carbonyl (C=O) groups excluding carboxylic acids is 2. The third-order valence-corrected chi connectivity index (χ3v) is 3.91. The van der Waals surface area contributed by atoms with E-state index >= 15 is 0 Å². The van der Waals surface area contributed by atoms with Crippen molar-refractivity contribution < 1.29 is 14.3 Å². The molecule has 2 aliphatic heterocycles. The highest BCUT2D eigenvalue weighted by Crippen LogP contribution is 2.36. The van der Waals surface area contributed by atoms with Gasteiger partial charge in [-0.3, -0.25) is 9.59 Å². The summed E-state index contributed by atoms with van der Waals surface area (Å²) in [6.07, 6.45) is 3.06. The van der Waals surface area contributed by atoms with Crippen LogP contribution in [-0.2, 0) is 9.53 Å². The van der Waals surface area contributed by atoms with Gasteiger partial charge in [-0.25, -0.2) is 0 Å². The van der Waals surface area contributed by atoms with Gasteiger partial charge in [0.1, 0.15) is 0 Å². The minimum Gasteiger partial charge on any atom is -0.376 e. The first-order chi connectivity index (χ1) is 9.18. The summed E-state index contributed by atoms with van der Waals surface area (Å²) in [6.45, 7) is 1.12. The van der Waals surface area contributed by atoms with Crippen LogP contribution in [0.25, 0.3) is 0 Å². The van der Waals surface area contributed by atoms with Crippen molar-refractivity contribution >= 4 is 29.0 Å². The number of amides is 1. The van der Waals surface area contributed by atoms with Gasteiger partial charge in [-0.05, 0) is 31.4 Å². The maximum absolute atomic E-state index is 12.1. The number of nitrogens with zero attached hydrogens (tertiary/aromatic N) is 1. The first-order valence-electron chi connectivity index (χ1n) is 6.45. The van der Waals surface area contributed by atoms with E-state index in [2.05, 4.69) is 0 Å². The van der Waals surface area contributed by atoms with E-state index in [1.807, 2.05) is 0 Å². The summed E-state index contributed by atoms with van der Waals surface area (Å²) >= 11 is 6.13. The Bertz CT molecular complexity index is 537. The molecule has 0 bridgehead atoms. The molecule has 1 fully saturated rings. The van der Waals surface area contributed by atoms with Crippen LogP contribution in [0.4, 0.5) is 5.69 Å². The molecule has 19 heavy (non-hydrogen) atoms. The lowest BCUT2D eigenvalue weighted by molar-refractivity contribution is -0.114. The minimum absolute atomic E-state index is 0.00674. The molecule has 3 rings (SSSR count). The number of halogens is 1. The summed E-state index contributed by atoms with van der Waals surface area (Å²) in [5.74, 6) is -0.981. The number of carbonyl (C=O) groups is 2. The highest BCUT2D eigenvalue weighted by molar-refractivity contribution is 6.54. The fourth-order valence-corrected chi connectivity index (χ4v) is 2.92. The Hall–Kier alpha value is -1.39. The van der Waals surface area contributed by atoms with Crippen molar-refractivity contribution in [1.82, 2.24) is 0 Å². The molecule has 5 heteroatoms. The van der Waals surface area contributed by atoms with Gasteiger partial charge in [0.25, 0.3) is 11.7 Å². The van der Waals surface area contributed by atoms with Crippen molar-refractivity contribution in [2.75, 3.05) is 18.1 Å². The number of hydrogen-bond acceptors (Lipinski definition) is 3. The Morgan fingerprint density at radius 3 is 2.89 bits per heavy atom. The first kappa shape index (κ1) is 12.6. The Morgan fingerprint density at radius 2 is 2.16 bits per heavy atom. The Balaban J connectivity index is 1.90. The molecule has 0 N–H and O–H groups in total. The topological polar surface area (TPSA) is 46.6 Å². The van der Waals surface area contributed by atoms with Gasteiger partial charge in [0.05, 0.1) is 28.9 Å². The van der Waals surface area contributed by atoms with Gasteiger partial charge >= 0.3 is 0 Å². The van der Waals surface area contributed by atoms with E-state index in [4.69, 9.17) is 16.3 Å². The summed E-state index contributed by atoms with van der Waals surface area (Å²) in [6, 6.07) is 5.02. The summed E-state index contributed by atoms with van der Waals surface area (Å²) in [7, 11) is 0. The van der Waals surface area contributed by atoms with Crippen LogP contribution in [0.5, 0.6) is 0 Å². The lowest BCUT2D eigenvalue weighted by Crippen LogP contribution is -2.39. The molecule has 0 spiro atoms. The van der Waals surface area contributed by atoms with Crippen molar-refractivity contribution in [1.29, 1.82) is 0 Å². The van der Waals surface area contributed by atoms with Crippen LogP contribution in [0.1, 0.15) is 29.6 Å². The monoisotopic (exact) mass is 279 g/mol. The van der Waals surface area contributed by atoms with Crippen LogP contribution < -0.4 is 4.90 Å². The molecule has 1 aromatic carbocycles. The van der Waals surface area contributed by atoms with Gasteiger partial charge in [-0.2, -0.15) is 0 Å². The number of ether oxygens (including phenoxy) is 1. The van der Waals surface area contributed by atoms with E-state index in [9.17, 15) is 9.59 Å². The quantitative estimate of drug-likeness (QED) is 0.781. The molecule has 0 aliphatic carbocycles. The Labute approximate surface area is 116 Å². The smallest absolute Gasteiger partial charge is 0.299 e. The van der Waals surface area contributed by atoms with Crippen molar-refractivity contribution in [3.05, 3.63) is 28.8 Å². The average Bonchev–Trinajstić information content (AvgIpc) is 2.67. The van der Waals surface area contributed by atoms with Crippen LogP contribution in [0.2, 0.25) is 5.02 Å². The van der Waals surface area contributed by atoms with Gasteiger partial charge in [-0.1, -0.05) is 17.7 Å². The lowest BCUT2D eigenvalue weighted by Gasteiger charge is -2.27. The molecule has 1 unspecified atom stereocenters. The Kier molecular flexibility index (Phi) is 3.29. The van der Waals surface area contributed by atoms with E-state index in [1.54, 1.807) is 18.2 Å². The molecule has 0 radical (unpaired) electrons. The first-order valence-corrected chi connectivity index (χ1v) is 6.82. The molecular weight excluding hydrogens is 266 g/mol. The lowest BCUT2D eigenvalue weighted by atomic mass is 10.1. The van der Waals surface area contributed by atoms with Crippen molar-refractivity contribution in [3.8, 4) is 0 Å². The minimum atomic E-state index is -0.503. The summed E-state index contributed by atoms with van der Waals surface area (Å²) in [5.41, 5.74) is 0.932. The molecule has 2 heterocycles. The maximum Gasteiger partial charge on any atom is 0.299 e. The van der Waals surface area contributed by atoms with Crippen LogP contribution in [0.15, 0.2) is 18.2 Å². The van der Waals surface area contributed by atoms with E-state index in [1.165, 1.54) is 4.90 Å². The SMILES string of the molecule is O=C1C(=O)N(CC2CCCCO2)c2c(Cl)cccc21. The Morgan fingerprint density at radius 1 is 1.32 bits per heavy atom. The van der Waals surface area contributed by atoms with E-state index < -0.39 is 11.7 Å². The highest BCUT2D eigenvalue weighted by Gasteiger charge is 2.38. The van der Waals surface area contributed by atoms with Crippen LogP contribution in [0, 0.1) is 0 Å². The van der Waals surface area contributed by atoms with Gasteiger partial charge in [0.15, 0.2) is 0 Å². The van der Waals surface area contributed by atoms with Crippen LogP contribution in [0.3, 0.4) is 0 Å². The van der Waals surface area contributed by atoms with Gasteiger partial charge in [-0.15, -0.1) is 0 Å². The number of anilines is 1. The van der Waals surface area contributed by atoms with Crippen molar-refractivity contribution in [2.45, 2.75) is 25.4 Å². The predicted molar refractivity (Wildman–Crippen MR) is 71.7 cm³/mol. The second kappa shape index (κ2) is 4.94. The summed E-state index contributed by atoms with van der Waals surface area (Å²) < 4.78 is 5.63. The number of ketones is 1. The maximum atomic E-state index is 12.1. The van der Waals surface area contributed by atoms with Crippen molar-refractivity contribution in [3.63, 3.8) is 0 Å². The van der Waals surface area contributed by atoms with E-state index in [-0.39, 0.29) is 6.10 Å². The number of hydrogen-bond donors (Lipinski definition) is 0. The molecule has 1 atom stereocenters. The number of Topliss-reactive ketones (excluding diaryl/α,β-unsaturated/α-hetero) is 1. The number of fused-ring (bicyclic) bond motifs is 1. The molecule has 0 saturated carbocycles. The van der Waals surface area contributed by atoms with E-state index in [0.717, 1.165) is 25.9 Å². The largest absolute Gasteiger partial charge is 0.376 e. The molecule has 1 aromatic rings. The zero-order valence-electron chi connectivity index (χ0n) is 10.4.